The second kappa shape index (κ2) is 7.32. The number of halogens is 3. The van der Waals surface area contributed by atoms with Crippen molar-refractivity contribution in [1.82, 2.24) is 10.2 Å². The van der Waals surface area contributed by atoms with Gasteiger partial charge in [0.25, 0.3) is 5.91 Å². The van der Waals surface area contributed by atoms with E-state index in [2.05, 4.69) is 5.32 Å². The summed E-state index contributed by atoms with van der Waals surface area (Å²) in [7, 11) is 0. The number of hydrogen-bond acceptors (Lipinski definition) is 2. The van der Waals surface area contributed by atoms with Gasteiger partial charge in [-0.3, -0.25) is 4.79 Å². The predicted molar refractivity (Wildman–Crippen MR) is 98.7 cm³/mol. The summed E-state index contributed by atoms with van der Waals surface area (Å²) in [5.41, 5.74) is 1.20. The molecule has 2 aliphatic rings. The molecule has 0 aliphatic carbocycles. The first-order valence-electron chi connectivity index (χ1n) is 8.17. The first kappa shape index (κ1) is 18.2. The molecule has 0 unspecified atom stereocenters. The van der Waals surface area contributed by atoms with Crippen molar-refractivity contribution in [2.45, 2.75) is 6.04 Å². The SMILES string of the molecule is Cl.O=C(c1ccc(Cl)cc1F)N1C[C@@H]2CNC[C@@H]2[C@@H]1c1ccccc1. The maximum absolute atomic E-state index is 14.2. The van der Waals surface area contributed by atoms with E-state index in [0.717, 1.165) is 18.7 Å². The van der Waals surface area contributed by atoms with E-state index in [0.29, 0.717) is 23.4 Å². The van der Waals surface area contributed by atoms with E-state index in [4.69, 9.17) is 11.6 Å². The molecular weight excluding hydrogens is 362 g/mol. The lowest BCUT2D eigenvalue weighted by atomic mass is 9.89. The fourth-order valence-corrected chi connectivity index (χ4v) is 4.18. The topological polar surface area (TPSA) is 32.3 Å². The minimum absolute atomic E-state index is 0. The van der Waals surface area contributed by atoms with Crippen LogP contribution in [0.25, 0.3) is 0 Å². The molecule has 2 aliphatic heterocycles. The van der Waals surface area contributed by atoms with Crippen LogP contribution in [0.1, 0.15) is 22.0 Å². The molecule has 25 heavy (non-hydrogen) atoms. The number of hydrogen-bond donors (Lipinski definition) is 1. The molecular formula is C19H19Cl2FN2O. The molecule has 3 atom stereocenters. The maximum atomic E-state index is 14.2. The van der Waals surface area contributed by atoms with Crippen LogP contribution in [0, 0.1) is 17.7 Å². The van der Waals surface area contributed by atoms with E-state index in [1.807, 2.05) is 35.2 Å². The summed E-state index contributed by atoms with van der Waals surface area (Å²) >= 11 is 5.81. The minimum atomic E-state index is -0.561. The number of nitrogens with one attached hydrogen (secondary N) is 1. The van der Waals surface area contributed by atoms with Gasteiger partial charge in [-0.25, -0.2) is 4.39 Å². The van der Waals surface area contributed by atoms with Crippen LogP contribution >= 0.6 is 24.0 Å². The predicted octanol–water partition coefficient (Wildman–Crippen LogP) is 3.93. The van der Waals surface area contributed by atoms with Crippen LogP contribution in [0.15, 0.2) is 48.5 Å². The number of fused-ring (bicyclic) bond motifs is 1. The molecule has 0 saturated carbocycles. The van der Waals surface area contributed by atoms with Gasteiger partial charge in [0.15, 0.2) is 0 Å². The van der Waals surface area contributed by atoms with E-state index in [9.17, 15) is 9.18 Å². The van der Waals surface area contributed by atoms with Crippen molar-refractivity contribution < 1.29 is 9.18 Å². The Bertz CT molecular complexity index is 771. The lowest BCUT2D eigenvalue weighted by Crippen LogP contribution is -2.35. The van der Waals surface area contributed by atoms with E-state index in [1.54, 1.807) is 6.07 Å². The van der Waals surface area contributed by atoms with Gasteiger partial charge in [0.05, 0.1) is 11.6 Å². The largest absolute Gasteiger partial charge is 0.331 e. The van der Waals surface area contributed by atoms with Crippen LogP contribution in [-0.2, 0) is 0 Å². The zero-order chi connectivity index (χ0) is 16.7. The average Bonchev–Trinajstić information content (AvgIpc) is 3.15. The molecule has 2 fully saturated rings. The first-order chi connectivity index (χ1) is 11.6. The highest BCUT2D eigenvalue weighted by molar-refractivity contribution is 6.30. The molecule has 132 valence electrons. The van der Waals surface area contributed by atoms with Crippen molar-refractivity contribution in [2.75, 3.05) is 19.6 Å². The van der Waals surface area contributed by atoms with Crippen LogP contribution < -0.4 is 5.32 Å². The van der Waals surface area contributed by atoms with Crippen LogP contribution in [-0.4, -0.2) is 30.4 Å². The Morgan fingerprint density at radius 3 is 2.64 bits per heavy atom. The van der Waals surface area contributed by atoms with Crippen molar-refractivity contribution in [3.05, 3.63) is 70.5 Å². The number of amides is 1. The van der Waals surface area contributed by atoms with Crippen molar-refractivity contribution in [1.29, 1.82) is 0 Å². The zero-order valence-corrected chi connectivity index (χ0v) is 15.1. The Balaban J connectivity index is 0.00000182. The maximum Gasteiger partial charge on any atom is 0.257 e. The quantitative estimate of drug-likeness (QED) is 0.855. The van der Waals surface area contributed by atoms with Gasteiger partial charge < -0.3 is 10.2 Å². The van der Waals surface area contributed by atoms with Crippen molar-refractivity contribution in [3.63, 3.8) is 0 Å². The van der Waals surface area contributed by atoms with E-state index >= 15 is 0 Å². The van der Waals surface area contributed by atoms with E-state index < -0.39 is 5.82 Å². The fourth-order valence-electron chi connectivity index (χ4n) is 4.02. The lowest BCUT2D eigenvalue weighted by molar-refractivity contribution is 0.0709. The smallest absolute Gasteiger partial charge is 0.257 e. The first-order valence-corrected chi connectivity index (χ1v) is 8.54. The van der Waals surface area contributed by atoms with Crippen LogP contribution in [0.5, 0.6) is 0 Å². The summed E-state index contributed by atoms with van der Waals surface area (Å²) in [5, 5.41) is 3.71. The average molecular weight is 381 g/mol. The Labute approximate surface area is 157 Å². The van der Waals surface area contributed by atoms with Gasteiger partial charge in [-0.05, 0) is 29.7 Å². The fraction of sp³-hybridized carbons (Fsp3) is 0.316. The summed E-state index contributed by atoms with van der Waals surface area (Å²) in [6.45, 7) is 2.44. The summed E-state index contributed by atoms with van der Waals surface area (Å²) < 4.78 is 14.2. The lowest BCUT2D eigenvalue weighted by Gasteiger charge is -2.28. The molecule has 1 amide bonds. The van der Waals surface area contributed by atoms with E-state index in [-0.39, 0.29) is 29.9 Å². The third kappa shape index (κ3) is 3.26. The third-order valence-electron chi connectivity index (χ3n) is 5.13. The number of carbonyl (C=O) groups excluding carboxylic acids is 1. The molecule has 2 saturated heterocycles. The molecule has 0 bridgehead atoms. The molecule has 0 spiro atoms. The zero-order valence-electron chi connectivity index (χ0n) is 13.5. The van der Waals surface area contributed by atoms with Crippen LogP contribution in [0.2, 0.25) is 5.02 Å². The Morgan fingerprint density at radius 2 is 1.92 bits per heavy atom. The van der Waals surface area contributed by atoms with Gasteiger partial charge in [0.2, 0.25) is 0 Å². The molecule has 4 rings (SSSR count). The minimum Gasteiger partial charge on any atom is -0.331 e. The highest BCUT2D eigenvalue weighted by atomic mass is 35.5. The van der Waals surface area contributed by atoms with Gasteiger partial charge in [-0.15, -0.1) is 12.4 Å². The number of carbonyl (C=O) groups is 1. The molecule has 2 heterocycles. The third-order valence-corrected chi connectivity index (χ3v) is 5.36. The van der Waals surface area contributed by atoms with Gasteiger partial charge >= 0.3 is 0 Å². The summed E-state index contributed by atoms with van der Waals surface area (Å²) in [6, 6.07) is 14.2. The standard InChI is InChI=1S/C19H18ClFN2O.ClH/c20-14-6-7-15(17(21)8-14)19(24)23-11-13-9-22-10-16(13)18(23)12-4-2-1-3-5-12;/h1-8,13,16,18,22H,9-11H2;1H/t13-,16-,18-;/m0./s1. The second-order valence-electron chi connectivity index (χ2n) is 6.52. The monoisotopic (exact) mass is 380 g/mol. The molecule has 2 aromatic rings. The Hall–Kier alpha value is -1.62. The summed E-state index contributed by atoms with van der Waals surface area (Å²) in [6.07, 6.45) is 0. The van der Waals surface area contributed by atoms with Crippen molar-refractivity contribution >= 4 is 29.9 Å². The highest BCUT2D eigenvalue weighted by Crippen LogP contribution is 2.43. The Kier molecular flexibility index (Phi) is 5.32. The normalized spacial score (nSPS) is 24.7. The van der Waals surface area contributed by atoms with Gasteiger partial charge in [0, 0.05) is 30.6 Å². The number of nitrogens with zero attached hydrogens (tertiary/aromatic N) is 1. The van der Waals surface area contributed by atoms with Crippen LogP contribution in [0.4, 0.5) is 4.39 Å². The number of rotatable bonds is 2. The van der Waals surface area contributed by atoms with Crippen molar-refractivity contribution in [2.24, 2.45) is 11.8 Å². The molecule has 3 nitrogen and oxygen atoms in total. The van der Waals surface area contributed by atoms with Crippen molar-refractivity contribution in [3.8, 4) is 0 Å². The number of benzene rings is 2. The molecule has 1 N–H and O–H groups in total. The van der Waals surface area contributed by atoms with Crippen LogP contribution in [0.3, 0.4) is 0 Å². The molecule has 6 heteroatoms. The van der Waals surface area contributed by atoms with Gasteiger partial charge in [-0.1, -0.05) is 41.9 Å². The molecule has 0 aromatic heterocycles. The highest BCUT2D eigenvalue weighted by Gasteiger charge is 2.47. The molecule has 0 radical (unpaired) electrons. The van der Waals surface area contributed by atoms with Gasteiger partial charge in [-0.2, -0.15) is 0 Å². The van der Waals surface area contributed by atoms with E-state index in [1.165, 1.54) is 12.1 Å². The summed E-state index contributed by atoms with van der Waals surface area (Å²) in [5.74, 6) is -0.0388. The number of likely N-dealkylation sites (tertiary alicyclic amines) is 1. The second-order valence-corrected chi connectivity index (χ2v) is 6.96. The summed E-state index contributed by atoms with van der Waals surface area (Å²) in [4.78, 5) is 14.8. The Morgan fingerprint density at radius 1 is 1.16 bits per heavy atom. The van der Waals surface area contributed by atoms with Gasteiger partial charge in [0.1, 0.15) is 5.82 Å². The molecule has 2 aromatic carbocycles.